The number of aliphatic carboxylic acids is 1. The Morgan fingerprint density at radius 2 is 1.67 bits per heavy atom. The third-order valence-electron chi connectivity index (χ3n) is 3.61. The summed E-state index contributed by atoms with van der Waals surface area (Å²) in [6.07, 6.45) is 1.70. The molecule has 0 aromatic heterocycles. The van der Waals surface area contributed by atoms with Crippen LogP contribution in [0.3, 0.4) is 0 Å². The minimum atomic E-state index is -0.805. The molecule has 0 bridgehead atoms. The van der Waals surface area contributed by atoms with Gasteiger partial charge in [0.2, 0.25) is 5.91 Å². The second-order valence-electron chi connectivity index (χ2n) is 5.71. The van der Waals surface area contributed by atoms with E-state index >= 15 is 0 Å². The van der Waals surface area contributed by atoms with Crippen LogP contribution < -0.4 is 0 Å². The fourth-order valence-electron chi connectivity index (χ4n) is 2.59. The van der Waals surface area contributed by atoms with Crippen LogP contribution in [0.5, 0.6) is 0 Å². The minimum Gasteiger partial charge on any atom is -0.481 e. The van der Waals surface area contributed by atoms with Crippen LogP contribution in [0.2, 0.25) is 0 Å². The van der Waals surface area contributed by atoms with Crippen LogP contribution in [0, 0.1) is 5.92 Å². The van der Waals surface area contributed by atoms with Gasteiger partial charge in [0.1, 0.15) is 0 Å². The summed E-state index contributed by atoms with van der Waals surface area (Å²) in [6.45, 7) is 4.21. The summed E-state index contributed by atoms with van der Waals surface area (Å²) in [5.74, 6) is -0.413. The number of hydrogen-bond acceptors (Lipinski definition) is 2. The summed E-state index contributed by atoms with van der Waals surface area (Å²) in [7, 11) is 1.83. The third-order valence-corrected chi connectivity index (χ3v) is 3.61. The van der Waals surface area contributed by atoms with Crippen molar-refractivity contribution in [3.8, 4) is 0 Å². The van der Waals surface area contributed by atoms with E-state index in [9.17, 15) is 9.59 Å². The normalized spacial score (nSPS) is 12.2. The number of unbranched alkanes of at least 4 members (excludes halogenated alkanes) is 1. The number of carboxylic acids is 1. The highest BCUT2D eigenvalue weighted by Crippen LogP contribution is 2.28. The SMILES string of the molecule is CC(C)C(c1ccccc1)N(C)C(=O)CCCCC(=O)O. The van der Waals surface area contributed by atoms with Crippen molar-refractivity contribution in [3.63, 3.8) is 0 Å². The quantitative estimate of drug-likeness (QED) is 0.746. The zero-order chi connectivity index (χ0) is 15.8. The molecule has 1 rings (SSSR count). The standard InChI is InChI=1S/C17H25NO3/c1-13(2)17(14-9-5-4-6-10-14)18(3)15(19)11-7-8-12-16(20)21/h4-6,9-10,13,17H,7-8,11-12H2,1-3H3,(H,20,21). The molecule has 21 heavy (non-hydrogen) atoms. The predicted molar refractivity (Wildman–Crippen MR) is 82.9 cm³/mol. The van der Waals surface area contributed by atoms with Crippen LogP contribution in [0.4, 0.5) is 0 Å². The monoisotopic (exact) mass is 291 g/mol. The third kappa shape index (κ3) is 5.58. The Morgan fingerprint density at radius 1 is 1.10 bits per heavy atom. The molecular weight excluding hydrogens is 266 g/mol. The smallest absolute Gasteiger partial charge is 0.303 e. The molecule has 0 saturated heterocycles. The van der Waals surface area contributed by atoms with Gasteiger partial charge in [0.05, 0.1) is 6.04 Å². The highest BCUT2D eigenvalue weighted by Gasteiger charge is 2.24. The van der Waals surface area contributed by atoms with E-state index in [1.807, 2.05) is 37.4 Å². The highest BCUT2D eigenvalue weighted by atomic mass is 16.4. The van der Waals surface area contributed by atoms with Crippen molar-refractivity contribution < 1.29 is 14.7 Å². The zero-order valence-electron chi connectivity index (χ0n) is 13.1. The summed E-state index contributed by atoms with van der Waals surface area (Å²) in [6, 6.07) is 10.1. The van der Waals surface area contributed by atoms with Gasteiger partial charge in [-0.3, -0.25) is 9.59 Å². The fourth-order valence-corrected chi connectivity index (χ4v) is 2.59. The molecule has 0 saturated carbocycles. The van der Waals surface area contributed by atoms with Gasteiger partial charge in [0, 0.05) is 19.9 Å². The molecule has 0 aliphatic rings. The van der Waals surface area contributed by atoms with Crippen molar-refractivity contribution in [2.45, 2.75) is 45.6 Å². The number of carboxylic acid groups (broad SMARTS) is 1. The van der Waals surface area contributed by atoms with Crippen LogP contribution in [0.15, 0.2) is 30.3 Å². The molecule has 4 nitrogen and oxygen atoms in total. The Morgan fingerprint density at radius 3 is 2.19 bits per heavy atom. The van der Waals surface area contributed by atoms with Crippen molar-refractivity contribution in [2.24, 2.45) is 5.92 Å². The molecular formula is C17H25NO3. The van der Waals surface area contributed by atoms with Gasteiger partial charge in [-0.2, -0.15) is 0 Å². The Balaban J connectivity index is 2.62. The molecule has 0 heterocycles. The molecule has 1 amide bonds. The number of rotatable bonds is 8. The molecule has 0 aliphatic carbocycles. The van der Waals surface area contributed by atoms with Crippen molar-refractivity contribution in [1.82, 2.24) is 4.90 Å². The molecule has 0 aliphatic heterocycles. The summed E-state index contributed by atoms with van der Waals surface area (Å²) in [4.78, 5) is 24.5. The lowest BCUT2D eigenvalue weighted by Crippen LogP contribution is -2.34. The van der Waals surface area contributed by atoms with E-state index in [2.05, 4.69) is 13.8 Å². The van der Waals surface area contributed by atoms with Gasteiger partial charge in [0.25, 0.3) is 0 Å². The summed E-state index contributed by atoms with van der Waals surface area (Å²) in [5, 5.41) is 8.60. The summed E-state index contributed by atoms with van der Waals surface area (Å²) >= 11 is 0. The Labute approximate surface area is 126 Å². The second-order valence-corrected chi connectivity index (χ2v) is 5.71. The van der Waals surface area contributed by atoms with E-state index in [-0.39, 0.29) is 18.4 Å². The van der Waals surface area contributed by atoms with Gasteiger partial charge < -0.3 is 10.0 Å². The van der Waals surface area contributed by atoms with Crippen LogP contribution in [-0.2, 0) is 9.59 Å². The number of benzene rings is 1. The maximum absolute atomic E-state index is 12.3. The van der Waals surface area contributed by atoms with Crippen LogP contribution >= 0.6 is 0 Å². The first-order chi connectivity index (χ1) is 9.93. The van der Waals surface area contributed by atoms with Crippen molar-refractivity contribution >= 4 is 11.9 Å². The number of carbonyl (C=O) groups excluding carboxylic acids is 1. The van der Waals surface area contributed by atoms with Crippen LogP contribution in [-0.4, -0.2) is 28.9 Å². The number of nitrogens with zero attached hydrogens (tertiary/aromatic N) is 1. The van der Waals surface area contributed by atoms with Gasteiger partial charge in [-0.25, -0.2) is 0 Å². The molecule has 1 unspecified atom stereocenters. The van der Waals surface area contributed by atoms with E-state index < -0.39 is 5.97 Å². The van der Waals surface area contributed by atoms with Crippen LogP contribution in [0.25, 0.3) is 0 Å². The molecule has 1 aromatic rings. The Hall–Kier alpha value is -1.84. The first-order valence-corrected chi connectivity index (χ1v) is 7.46. The average molecular weight is 291 g/mol. The summed E-state index contributed by atoms with van der Waals surface area (Å²) < 4.78 is 0. The van der Waals surface area contributed by atoms with Gasteiger partial charge in [-0.15, -0.1) is 0 Å². The van der Waals surface area contributed by atoms with Crippen LogP contribution in [0.1, 0.15) is 51.1 Å². The number of hydrogen-bond donors (Lipinski definition) is 1. The van der Waals surface area contributed by atoms with Gasteiger partial charge in [-0.1, -0.05) is 44.2 Å². The predicted octanol–water partition coefficient (Wildman–Crippen LogP) is 3.49. The highest BCUT2D eigenvalue weighted by molar-refractivity contribution is 5.76. The first kappa shape index (κ1) is 17.2. The van der Waals surface area contributed by atoms with Crippen molar-refractivity contribution in [2.75, 3.05) is 7.05 Å². The van der Waals surface area contributed by atoms with Gasteiger partial charge >= 0.3 is 5.97 Å². The van der Waals surface area contributed by atoms with Gasteiger partial charge in [0.15, 0.2) is 0 Å². The largest absolute Gasteiger partial charge is 0.481 e. The molecule has 0 fully saturated rings. The van der Waals surface area contributed by atoms with Gasteiger partial charge in [-0.05, 0) is 24.3 Å². The molecule has 0 radical (unpaired) electrons. The van der Waals surface area contributed by atoms with E-state index in [1.165, 1.54) is 0 Å². The number of amides is 1. The number of carbonyl (C=O) groups is 2. The molecule has 0 spiro atoms. The Bertz CT molecular complexity index is 456. The fraction of sp³-hybridized carbons (Fsp3) is 0.529. The molecule has 116 valence electrons. The Kier molecular flexibility index (Phi) is 6.92. The van der Waals surface area contributed by atoms with E-state index in [0.29, 0.717) is 25.2 Å². The minimum absolute atomic E-state index is 0.0539. The maximum Gasteiger partial charge on any atom is 0.303 e. The lowest BCUT2D eigenvalue weighted by atomic mass is 9.94. The summed E-state index contributed by atoms with van der Waals surface area (Å²) in [5.41, 5.74) is 1.13. The van der Waals surface area contributed by atoms with Crippen molar-refractivity contribution in [1.29, 1.82) is 0 Å². The second kappa shape index (κ2) is 8.45. The molecule has 1 aromatic carbocycles. The van der Waals surface area contributed by atoms with E-state index in [4.69, 9.17) is 5.11 Å². The van der Waals surface area contributed by atoms with E-state index in [0.717, 1.165) is 5.56 Å². The zero-order valence-corrected chi connectivity index (χ0v) is 13.1. The molecule has 1 N–H and O–H groups in total. The molecule has 4 heteroatoms. The maximum atomic E-state index is 12.3. The van der Waals surface area contributed by atoms with E-state index in [1.54, 1.807) is 4.90 Å². The molecule has 1 atom stereocenters. The van der Waals surface area contributed by atoms with Crippen molar-refractivity contribution in [3.05, 3.63) is 35.9 Å². The average Bonchev–Trinajstić information content (AvgIpc) is 2.44. The first-order valence-electron chi connectivity index (χ1n) is 7.46. The lowest BCUT2D eigenvalue weighted by Gasteiger charge is -2.32. The lowest BCUT2D eigenvalue weighted by molar-refractivity contribution is -0.138. The topological polar surface area (TPSA) is 57.6 Å².